The van der Waals surface area contributed by atoms with Gasteiger partial charge in [0, 0.05) is 23.0 Å². The van der Waals surface area contributed by atoms with Crippen molar-refractivity contribution in [2.45, 2.75) is 32.7 Å². The second kappa shape index (κ2) is 6.99. The number of nitrogens with two attached hydrogens (primary N) is 1. The third kappa shape index (κ3) is 4.13. The number of hydrogen-bond acceptors (Lipinski definition) is 3. The molecule has 19 heavy (non-hydrogen) atoms. The fourth-order valence-corrected chi connectivity index (χ4v) is 1.88. The van der Waals surface area contributed by atoms with Gasteiger partial charge in [-0.25, -0.2) is 0 Å². The zero-order valence-corrected chi connectivity index (χ0v) is 11.7. The maximum Gasteiger partial charge on any atom is 0.251 e. The van der Waals surface area contributed by atoms with E-state index in [0.717, 1.165) is 5.56 Å². The average Bonchev–Trinajstić information content (AvgIpc) is 2.40. The van der Waals surface area contributed by atoms with Crippen LogP contribution in [-0.4, -0.2) is 23.0 Å². The number of hydrogen-bond donors (Lipinski definition) is 3. The van der Waals surface area contributed by atoms with Gasteiger partial charge in [0.05, 0.1) is 0 Å². The lowest BCUT2D eigenvalue weighted by Gasteiger charge is -2.17. The molecular weight excluding hydrogens is 266 g/mol. The van der Waals surface area contributed by atoms with Crippen molar-refractivity contribution in [2.75, 3.05) is 0 Å². The Morgan fingerprint density at radius 1 is 1.58 bits per heavy atom. The number of nitrogens with one attached hydrogen (secondary N) is 1. The van der Waals surface area contributed by atoms with Crippen molar-refractivity contribution in [3.63, 3.8) is 0 Å². The number of amides is 1. The number of amidine groups is 1. The predicted octanol–water partition coefficient (Wildman–Crippen LogP) is 2.29. The Hall–Kier alpha value is -1.75. The fourth-order valence-electron chi connectivity index (χ4n) is 1.71. The molecule has 0 aliphatic rings. The van der Waals surface area contributed by atoms with E-state index in [4.69, 9.17) is 22.5 Å². The molecule has 1 amide bonds. The van der Waals surface area contributed by atoms with Crippen molar-refractivity contribution in [3.05, 3.63) is 34.3 Å². The maximum atomic E-state index is 12.1. The van der Waals surface area contributed by atoms with Gasteiger partial charge in [-0.3, -0.25) is 4.79 Å². The SMILES string of the molecule is CCC(C/C(N)=N/O)NC(=O)c1cccc(Cl)c1C. The quantitative estimate of drug-likeness (QED) is 0.335. The Labute approximate surface area is 117 Å². The molecule has 0 saturated carbocycles. The van der Waals surface area contributed by atoms with Gasteiger partial charge in [-0.05, 0) is 31.0 Å². The summed E-state index contributed by atoms with van der Waals surface area (Å²) in [5.41, 5.74) is 6.71. The van der Waals surface area contributed by atoms with E-state index in [2.05, 4.69) is 10.5 Å². The minimum atomic E-state index is -0.211. The minimum absolute atomic E-state index is 0.0926. The number of nitrogens with zero attached hydrogens (tertiary/aromatic N) is 1. The molecule has 0 bridgehead atoms. The zero-order valence-electron chi connectivity index (χ0n) is 11.0. The summed E-state index contributed by atoms with van der Waals surface area (Å²) in [4.78, 5) is 12.1. The average molecular weight is 284 g/mol. The molecule has 4 N–H and O–H groups in total. The van der Waals surface area contributed by atoms with Crippen LogP contribution in [0, 0.1) is 6.92 Å². The molecule has 1 aromatic rings. The first-order valence-corrected chi connectivity index (χ1v) is 6.39. The molecular formula is C13H18ClN3O2. The van der Waals surface area contributed by atoms with E-state index in [1.54, 1.807) is 25.1 Å². The normalized spacial score (nSPS) is 13.1. The summed E-state index contributed by atoms with van der Waals surface area (Å²) in [6.45, 7) is 3.71. The van der Waals surface area contributed by atoms with Gasteiger partial charge >= 0.3 is 0 Å². The summed E-state index contributed by atoms with van der Waals surface area (Å²) in [6.07, 6.45) is 0.986. The lowest BCUT2D eigenvalue weighted by atomic mass is 10.1. The summed E-state index contributed by atoms with van der Waals surface area (Å²) in [5.74, 6) is -0.118. The number of carbonyl (C=O) groups excluding carboxylic acids is 1. The van der Waals surface area contributed by atoms with Crippen LogP contribution in [0.2, 0.25) is 5.02 Å². The molecule has 0 aliphatic heterocycles. The van der Waals surface area contributed by atoms with Crippen LogP contribution in [0.4, 0.5) is 0 Å². The Morgan fingerprint density at radius 3 is 2.84 bits per heavy atom. The van der Waals surface area contributed by atoms with Gasteiger partial charge in [-0.2, -0.15) is 0 Å². The fraction of sp³-hybridized carbons (Fsp3) is 0.385. The van der Waals surface area contributed by atoms with E-state index in [-0.39, 0.29) is 17.8 Å². The number of benzene rings is 1. The molecule has 5 nitrogen and oxygen atoms in total. The van der Waals surface area contributed by atoms with E-state index in [1.807, 2.05) is 6.92 Å². The Kier molecular flexibility index (Phi) is 5.63. The van der Waals surface area contributed by atoms with Crippen LogP contribution in [0.5, 0.6) is 0 Å². The monoisotopic (exact) mass is 283 g/mol. The summed E-state index contributed by atoms with van der Waals surface area (Å²) in [5, 5.41) is 14.9. The Bertz CT molecular complexity index is 489. The molecule has 6 heteroatoms. The lowest BCUT2D eigenvalue weighted by molar-refractivity contribution is 0.0936. The summed E-state index contributed by atoms with van der Waals surface area (Å²) in [6, 6.07) is 5.00. The van der Waals surface area contributed by atoms with Crippen LogP contribution in [0.3, 0.4) is 0 Å². The summed E-state index contributed by atoms with van der Waals surface area (Å²) >= 11 is 5.98. The third-order valence-electron chi connectivity index (χ3n) is 2.92. The first kappa shape index (κ1) is 15.3. The van der Waals surface area contributed by atoms with Crippen LogP contribution in [0.15, 0.2) is 23.4 Å². The number of carbonyl (C=O) groups is 1. The maximum absolute atomic E-state index is 12.1. The second-order valence-electron chi connectivity index (χ2n) is 4.29. The topological polar surface area (TPSA) is 87.7 Å². The highest BCUT2D eigenvalue weighted by Crippen LogP contribution is 2.18. The van der Waals surface area contributed by atoms with Crippen molar-refractivity contribution in [3.8, 4) is 0 Å². The van der Waals surface area contributed by atoms with Crippen LogP contribution in [0.25, 0.3) is 0 Å². The first-order chi connectivity index (χ1) is 8.99. The minimum Gasteiger partial charge on any atom is -0.409 e. The molecule has 0 heterocycles. The molecule has 1 unspecified atom stereocenters. The molecule has 1 atom stereocenters. The predicted molar refractivity (Wildman–Crippen MR) is 75.8 cm³/mol. The largest absolute Gasteiger partial charge is 0.409 e. The van der Waals surface area contributed by atoms with Gasteiger partial charge in [0.1, 0.15) is 5.84 Å². The van der Waals surface area contributed by atoms with Crippen LogP contribution in [-0.2, 0) is 0 Å². The molecule has 1 aromatic carbocycles. The van der Waals surface area contributed by atoms with E-state index in [0.29, 0.717) is 23.4 Å². The molecule has 0 aromatic heterocycles. The van der Waals surface area contributed by atoms with Crippen LogP contribution in [0.1, 0.15) is 35.7 Å². The zero-order chi connectivity index (χ0) is 14.4. The Balaban J connectivity index is 2.80. The number of halogens is 1. The van der Waals surface area contributed by atoms with E-state index in [1.165, 1.54) is 0 Å². The molecule has 0 saturated heterocycles. The lowest BCUT2D eigenvalue weighted by Crippen LogP contribution is -2.37. The highest BCUT2D eigenvalue weighted by Gasteiger charge is 2.16. The molecule has 0 radical (unpaired) electrons. The summed E-state index contributed by atoms with van der Waals surface area (Å²) < 4.78 is 0. The van der Waals surface area contributed by atoms with Gasteiger partial charge in [-0.15, -0.1) is 0 Å². The van der Waals surface area contributed by atoms with Crippen molar-refractivity contribution in [1.82, 2.24) is 5.32 Å². The summed E-state index contributed by atoms with van der Waals surface area (Å²) in [7, 11) is 0. The van der Waals surface area contributed by atoms with Gasteiger partial charge in [0.15, 0.2) is 0 Å². The van der Waals surface area contributed by atoms with E-state index in [9.17, 15) is 4.79 Å². The van der Waals surface area contributed by atoms with Gasteiger partial charge in [0.25, 0.3) is 5.91 Å². The van der Waals surface area contributed by atoms with Crippen molar-refractivity contribution >= 4 is 23.3 Å². The van der Waals surface area contributed by atoms with Crippen LogP contribution >= 0.6 is 11.6 Å². The highest BCUT2D eigenvalue weighted by molar-refractivity contribution is 6.31. The second-order valence-corrected chi connectivity index (χ2v) is 4.69. The molecule has 0 fully saturated rings. The van der Waals surface area contributed by atoms with Crippen LogP contribution < -0.4 is 11.1 Å². The number of rotatable bonds is 5. The highest BCUT2D eigenvalue weighted by atomic mass is 35.5. The first-order valence-electron chi connectivity index (χ1n) is 6.02. The number of oxime groups is 1. The van der Waals surface area contributed by atoms with Crippen molar-refractivity contribution < 1.29 is 10.0 Å². The molecule has 0 aliphatic carbocycles. The van der Waals surface area contributed by atoms with Gasteiger partial charge in [0.2, 0.25) is 0 Å². The van der Waals surface area contributed by atoms with Gasteiger partial charge < -0.3 is 16.3 Å². The standard InChI is InChI=1S/C13H18ClN3O2/c1-3-9(7-12(15)17-19)16-13(18)10-5-4-6-11(14)8(10)2/h4-6,9,19H,3,7H2,1-2H3,(H2,15,17)(H,16,18). The van der Waals surface area contributed by atoms with Crippen molar-refractivity contribution in [2.24, 2.45) is 10.9 Å². The van der Waals surface area contributed by atoms with E-state index < -0.39 is 0 Å². The Morgan fingerprint density at radius 2 is 2.26 bits per heavy atom. The van der Waals surface area contributed by atoms with Crippen molar-refractivity contribution in [1.29, 1.82) is 0 Å². The molecule has 0 spiro atoms. The third-order valence-corrected chi connectivity index (χ3v) is 3.33. The molecule has 1 rings (SSSR count). The molecule has 104 valence electrons. The van der Waals surface area contributed by atoms with E-state index >= 15 is 0 Å². The van der Waals surface area contributed by atoms with Gasteiger partial charge in [-0.1, -0.05) is 29.7 Å². The smallest absolute Gasteiger partial charge is 0.251 e.